The third-order valence-corrected chi connectivity index (χ3v) is 6.54. The van der Waals surface area contributed by atoms with Gasteiger partial charge in [0, 0.05) is 22.3 Å². The van der Waals surface area contributed by atoms with E-state index in [0.717, 1.165) is 40.8 Å². The Labute approximate surface area is 186 Å². The van der Waals surface area contributed by atoms with Gasteiger partial charge in [0.15, 0.2) is 5.65 Å². The van der Waals surface area contributed by atoms with Gasteiger partial charge in [0.05, 0.1) is 11.4 Å². The molecule has 2 aromatic carbocycles. The lowest BCUT2D eigenvalue weighted by Crippen LogP contribution is -2.36. The van der Waals surface area contributed by atoms with E-state index in [4.69, 9.17) is 5.10 Å². The van der Waals surface area contributed by atoms with Gasteiger partial charge in [-0.2, -0.15) is 9.61 Å². The zero-order chi connectivity index (χ0) is 20.5. The third kappa shape index (κ3) is 3.73. The number of amides is 1. The van der Waals surface area contributed by atoms with E-state index < -0.39 is 0 Å². The van der Waals surface area contributed by atoms with Crippen LogP contribution in [0.4, 0.5) is 5.69 Å². The lowest BCUT2D eigenvalue weighted by molar-refractivity contribution is -0.116. The molecule has 4 aromatic rings. The first kappa shape index (κ1) is 19.3. The number of hydrogen-bond acceptors (Lipinski definition) is 5. The summed E-state index contributed by atoms with van der Waals surface area (Å²) in [4.78, 5) is 14.8. The maximum absolute atomic E-state index is 12.9. The van der Waals surface area contributed by atoms with Crippen LogP contribution in [0.2, 0.25) is 0 Å². The van der Waals surface area contributed by atoms with E-state index in [1.807, 2.05) is 59.5 Å². The predicted molar refractivity (Wildman–Crippen MR) is 122 cm³/mol. The molecule has 3 heterocycles. The van der Waals surface area contributed by atoms with Crippen LogP contribution in [0.3, 0.4) is 0 Å². The molecule has 0 radical (unpaired) electrons. The van der Waals surface area contributed by atoms with Gasteiger partial charge in [-0.1, -0.05) is 58.0 Å². The van der Waals surface area contributed by atoms with Crippen molar-refractivity contribution >= 4 is 44.9 Å². The first-order valence-corrected chi connectivity index (χ1v) is 11.5. The molecule has 0 saturated heterocycles. The maximum atomic E-state index is 12.9. The van der Waals surface area contributed by atoms with Crippen LogP contribution < -0.4 is 4.90 Å². The molecular formula is C22H18BrN5OS. The minimum Gasteiger partial charge on any atom is -0.311 e. The van der Waals surface area contributed by atoms with Gasteiger partial charge in [-0.05, 0) is 48.7 Å². The fourth-order valence-electron chi connectivity index (χ4n) is 3.63. The van der Waals surface area contributed by atoms with E-state index in [0.29, 0.717) is 16.6 Å². The number of aromatic nitrogens is 4. The van der Waals surface area contributed by atoms with Gasteiger partial charge in [0.25, 0.3) is 0 Å². The Kier molecular flexibility index (Phi) is 5.26. The summed E-state index contributed by atoms with van der Waals surface area (Å²) in [6, 6.07) is 19.9. The van der Waals surface area contributed by atoms with Crippen molar-refractivity contribution in [3.05, 3.63) is 70.7 Å². The number of fused-ring (bicyclic) bond motifs is 2. The van der Waals surface area contributed by atoms with Crippen molar-refractivity contribution in [3.8, 4) is 11.3 Å². The molecule has 1 aliphatic heterocycles. The van der Waals surface area contributed by atoms with Crippen LogP contribution in [0, 0.1) is 0 Å². The van der Waals surface area contributed by atoms with Crippen molar-refractivity contribution in [2.24, 2.45) is 0 Å². The Morgan fingerprint density at radius 2 is 1.87 bits per heavy atom. The SMILES string of the molecule is O=C(CSc1nnc2ccc(-c3ccc(Br)cc3)nn12)N1CCCc2ccccc21. The second-order valence-corrected chi connectivity index (χ2v) is 8.90. The lowest BCUT2D eigenvalue weighted by Gasteiger charge is -2.29. The molecular weight excluding hydrogens is 462 g/mol. The average Bonchev–Trinajstić information content (AvgIpc) is 3.20. The molecule has 1 amide bonds. The lowest BCUT2D eigenvalue weighted by atomic mass is 10.0. The zero-order valence-electron chi connectivity index (χ0n) is 16.0. The van der Waals surface area contributed by atoms with Gasteiger partial charge >= 0.3 is 0 Å². The Balaban J connectivity index is 1.36. The molecule has 30 heavy (non-hydrogen) atoms. The highest BCUT2D eigenvalue weighted by atomic mass is 79.9. The summed E-state index contributed by atoms with van der Waals surface area (Å²) in [5.74, 6) is 0.368. The summed E-state index contributed by atoms with van der Waals surface area (Å²) in [5, 5.41) is 13.7. The second-order valence-electron chi connectivity index (χ2n) is 7.04. The number of nitrogens with zero attached hydrogens (tertiary/aromatic N) is 5. The smallest absolute Gasteiger partial charge is 0.237 e. The van der Waals surface area contributed by atoms with Crippen molar-refractivity contribution < 1.29 is 4.79 Å². The summed E-state index contributed by atoms with van der Waals surface area (Å²) in [7, 11) is 0. The number of carbonyl (C=O) groups excluding carboxylic acids is 1. The molecule has 0 bridgehead atoms. The highest BCUT2D eigenvalue weighted by Gasteiger charge is 2.23. The van der Waals surface area contributed by atoms with Crippen LogP contribution in [-0.2, 0) is 11.2 Å². The molecule has 0 aliphatic carbocycles. The number of carbonyl (C=O) groups is 1. The Hall–Kier alpha value is -2.71. The largest absolute Gasteiger partial charge is 0.311 e. The first-order valence-electron chi connectivity index (χ1n) is 9.68. The number of thioether (sulfide) groups is 1. The number of rotatable bonds is 4. The molecule has 5 rings (SSSR count). The summed E-state index contributed by atoms with van der Waals surface area (Å²) in [5.41, 5.74) is 4.75. The van der Waals surface area contributed by atoms with Crippen LogP contribution in [-0.4, -0.2) is 38.0 Å². The second kappa shape index (κ2) is 8.20. The van der Waals surface area contributed by atoms with E-state index in [-0.39, 0.29) is 5.91 Å². The Bertz CT molecular complexity index is 1220. The number of anilines is 1. The standard InChI is InChI=1S/C22H18BrN5OS/c23-17-9-7-15(8-10-17)18-11-12-20-24-25-22(28(20)26-18)30-14-21(29)27-13-3-5-16-4-1-2-6-19(16)27/h1-2,4,6-12H,3,5,13-14H2. The Morgan fingerprint density at radius 3 is 2.73 bits per heavy atom. The molecule has 0 unspecified atom stereocenters. The van der Waals surface area contributed by atoms with Gasteiger partial charge in [-0.3, -0.25) is 4.79 Å². The van der Waals surface area contributed by atoms with Gasteiger partial charge in [0.1, 0.15) is 0 Å². The molecule has 0 spiro atoms. The summed E-state index contributed by atoms with van der Waals surface area (Å²) in [6.07, 6.45) is 2.00. The number of hydrogen-bond donors (Lipinski definition) is 0. The van der Waals surface area contributed by atoms with Crippen LogP contribution in [0.5, 0.6) is 0 Å². The van der Waals surface area contributed by atoms with Crippen LogP contribution >= 0.6 is 27.7 Å². The first-order chi connectivity index (χ1) is 14.7. The van der Waals surface area contributed by atoms with Crippen LogP contribution in [0.1, 0.15) is 12.0 Å². The molecule has 150 valence electrons. The van der Waals surface area contributed by atoms with Crippen molar-refractivity contribution in [1.29, 1.82) is 0 Å². The topological polar surface area (TPSA) is 63.4 Å². The highest BCUT2D eigenvalue weighted by Crippen LogP contribution is 2.28. The molecule has 6 nitrogen and oxygen atoms in total. The van der Waals surface area contributed by atoms with E-state index in [2.05, 4.69) is 32.2 Å². The third-order valence-electron chi connectivity index (χ3n) is 5.11. The van der Waals surface area contributed by atoms with Gasteiger partial charge in [-0.15, -0.1) is 10.2 Å². The van der Waals surface area contributed by atoms with Gasteiger partial charge in [0.2, 0.25) is 11.1 Å². The van der Waals surface area contributed by atoms with Crippen molar-refractivity contribution in [3.63, 3.8) is 0 Å². The normalized spacial score (nSPS) is 13.4. The van der Waals surface area contributed by atoms with Crippen molar-refractivity contribution in [2.75, 3.05) is 17.2 Å². The van der Waals surface area contributed by atoms with Crippen LogP contribution in [0.15, 0.2) is 70.3 Å². The summed E-state index contributed by atoms with van der Waals surface area (Å²) in [6.45, 7) is 0.753. The summed E-state index contributed by atoms with van der Waals surface area (Å²) < 4.78 is 2.73. The predicted octanol–water partition coefficient (Wildman–Crippen LogP) is 4.63. The monoisotopic (exact) mass is 479 g/mol. The van der Waals surface area contributed by atoms with Gasteiger partial charge < -0.3 is 4.90 Å². The maximum Gasteiger partial charge on any atom is 0.237 e. The molecule has 1 aliphatic rings. The molecule has 0 N–H and O–H groups in total. The number of para-hydroxylation sites is 1. The van der Waals surface area contributed by atoms with E-state index >= 15 is 0 Å². The molecule has 2 aromatic heterocycles. The van der Waals surface area contributed by atoms with Crippen molar-refractivity contribution in [1.82, 2.24) is 19.8 Å². The fraction of sp³-hybridized carbons (Fsp3) is 0.182. The van der Waals surface area contributed by atoms with Crippen LogP contribution in [0.25, 0.3) is 16.9 Å². The highest BCUT2D eigenvalue weighted by molar-refractivity contribution is 9.10. The average molecular weight is 480 g/mol. The Morgan fingerprint density at radius 1 is 1.03 bits per heavy atom. The van der Waals surface area contributed by atoms with Gasteiger partial charge in [-0.25, -0.2) is 0 Å². The van der Waals surface area contributed by atoms with E-state index in [1.165, 1.54) is 17.3 Å². The quantitative estimate of drug-likeness (QED) is 0.399. The number of aryl methyl sites for hydroxylation is 1. The van der Waals surface area contributed by atoms with E-state index in [1.54, 1.807) is 4.52 Å². The number of benzene rings is 2. The minimum absolute atomic E-state index is 0.0768. The fourth-order valence-corrected chi connectivity index (χ4v) is 4.66. The van der Waals surface area contributed by atoms with Crippen molar-refractivity contribution in [2.45, 2.75) is 18.0 Å². The molecule has 8 heteroatoms. The minimum atomic E-state index is 0.0768. The van der Waals surface area contributed by atoms with E-state index in [9.17, 15) is 4.79 Å². The number of halogens is 1. The molecule has 0 fully saturated rings. The summed E-state index contributed by atoms with van der Waals surface area (Å²) >= 11 is 4.82. The molecule has 0 saturated carbocycles. The zero-order valence-corrected chi connectivity index (χ0v) is 18.4. The molecule has 0 atom stereocenters.